The van der Waals surface area contributed by atoms with Crippen molar-refractivity contribution in [2.24, 2.45) is 0 Å². The Labute approximate surface area is 124 Å². The molecule has 3 nitrogen and oxygen atoms in total. The average Bonchev–Trinajstić information content (AvgIpc) is 3.09. The van der Waals surface area contributed by atoms with Crippen LogP contribution in [0, 0.1) is 12.7 Å². The molecule has 1 aromatic heterocycles. The third-order valence-corrected chi connectivity index (χ3v) is 4.11. The lowest BCUT2D eigenvalue weighted by Gasteiger charge is -2.14. The quantitative estimate of drug-likeness (QED) is 0.932. The smallest absolute Gasteiger partial charge is 0.134 e. The third kappa shape index (κ3) is 3.01. The Morgan fingerprint density at radius 3 is 2.90 bits per heavy atom. The minimum atomic E-state index is -0.208. The first kappa shape index (κ1) is 14.3. The van der Waals surface area contributed by atoms with Gasteiger partial charge in [0, 0.05) is 18.2 Å². The van der Waals surface area contributed by atoms with E-state index in [4.69, 9.17) is 9.15 Å². The molecule has 0 amide bonds. The number of benzene rings is 1. The molecule has 2 atom stereocenters. The first-order valence-electron chi connectivity index (χ1n) is 7.34. The van der Waals surface area contributed by atoms with E-state index in [1.54, 1.807) is 13.0 Å². The molecule has 1 aliphatic heterocycles. The lowest BCUT2D eigenvalue weighted by Crippen LogP contribution is -2.33. The van der Waals surface area contributed by atoms with Crippen LogP contribution in [0.2, 0.25) is 0 Å². The molecular formula is C17H20FNO2. The minimum Gasteiger partial charge on any atom is -0.460 e. The van der Waals surface area contributed by atoms with Crippen molar-refractivity contribution in [1.29, 1.82) is 0 Å². The standard InChI is InChI=1S/C17H20FNO2/c1-11-14(4-3-5-15(11)18)17-7-6-13(21-17)10-19-16-8-9-20-12(16)2/h3-7,12,16,19H,8-10H2,1-2H3. The Kier molecular flexibility index (Phi) is 4.08. The number of nitrogens with one attached hydrogen (secondary N) is 1. The summed E-state index contributed by atoms with van der Waals surface area (Å²) in [6, 6.07) is 9.25. The van der Waals surface area contributed by atoms with E-state index < -0.39 is 0 Å². The summed E-state index contributed by atoms with van der Waals surface area (Å²) in [5, 5.41) is 3.45. The molecule has 1 aromatic carbocycles. The van der Waals surface area contributed by atoms with Gasteiger partial charge in [0.05, 0.1) is 12.6 Å². The van der Waals surface area contributed by atoms with Gasteiger partial charge >= 0.3 is 0 Å². The summed E-state index contributed by atoms with van der Waals surface area (Å²) < 4.78 is 25.0. The zero-order valence-electron chi connectivity index (χ0n) is 12.4. The Hall–Kier alpha value is -1.65. The Bertz CT molecular complexity index is 623. The van der Waals surface area contributed by atoms with Gasteiger partial charge in [0.25, 0.3) is 0 Å². The second-order valence-electron chi connectivity index (χ2n) is 5.53. The van der Waals surface area contributed by atoms with Crippen molar-refractivity contribution >= 4 is 0 Å². The van der Waals surface area contributed by atoms with Gasteiger partial charge in [-0.05, 0) is 44.0 Å². The maximum Gasteiger partial charge on any atom is 0.134 e. The largest absolute Gasteiger partial charge is 0.460 e. The van der Waals surface area contributed by atoms with Crippen LogP contribution in [0.5, 0.6) is 0 Å². The van der Waals surface area contributed by atoms with E-state index in [9.17, 15) is 4.39 Å². The van der Waals surface area contributed by atoms with Crippen LogP contribution in [0.4, 0.5) is 4.39 Å². The van der Waals surface area contributed by atoms with Crippen LogP contribution in [0.25, 0.3) is 11.3 Å². The van der Waals surface area contributed by atoms with E-state index in [-0.39, 0.29) is 11.9 Å². The van der Waals surface area contributed by atoms with Crippen molar-refractivity contribution in [3.8, 4) is 11.3 Å². The van der Waals surface area contributed by atoms with E-state index >= 15 is 0 Å². The highest BCUT2D eigenvalue weighted by Gasteiger charge is 2.23. The van der Waals surface area contributed by atoms with Crippen LogP contribution in [-0.2, 0) is 11.3 Å². The zero-order valence-corrected chi connectivity index (χ0v) is 12.4. The van der Waals surface area contributed by atoms with Crippen LogP contribution >= 0.6 is 0 Å². The fourth-order valence-electron chi connectivity index (χ4n) is 2.72. The third-order valence-electron chi connectivity index (χ3n) is 4.11. The zero-order chi connectivity index (χ0) is 14.8. The maximum absolute atomic E-state index is 13.6. The van der Waals surface area contributed by atoms with Gasteiger partial charge in [0.2, 0.25) is 0 Å². The Morgan fingerprint density at radius 2 is 2.14 bits per heavy atom. The molecule has 0 bridgehead atoms. The number of furan rings is 1. The van der Waals surface area contributed by atoms with Crippen molar-refractivity contribution in [2.45, 2.75) is 39.0 Å². The minimum absolute atomic E-state index is 0.208. The highest BCUT2D eigenvalue weighted by molar-refractivity contribution is 5.62. The molecule has 2 unspecified atom stereocenters. The van der Waals surface area contributed by atoms with Gasteiger partial charge in [-0.25, -0.2) is 4.39 Å². The molecule has 1 fully saturated rings. The van der Waals surface area contributed by atoms with Crippen LogP contribution in [-0.4, -0.2) is 18.8 Å². The number of halogens is 1. The molecule has 1 aliphatic rings. The predicted octanol–water partition coefficient (Wildman–Crippen LogP) is 3.66. The second-order valence-corrected chi connectivity index (χ2v) is 5.53. The molecule has 4 heteroatoms. The Balaban J connectivity index is 1.70. The summed E-state index contributed by atoms with van der Waals surface area (Å²) in [5.41, 5.74) is 1.42. The van der Waals surface area contributed by atoms with E-state index in [1.165, 1.54) is 6.07 Å². The highest BCUT2D eigenvalue weighted by atomic mass is 19.1. The molecule has 3 rings (SSSR count). The maximum atomic E-state index is 13.6. The fraction of sp³-hybridized carbons (Fsp3) is 0.412. The number of rotatable bonds is 4. The monoisotopic (exact) mass is 289 g/mol. The number of ether oxygens (including phenoxy) is 1. The van der Waals surface area contributed by atoms with Crippen molar-refractivity contribution in [1.82, 2.24) is 5.32 Å². The summed E-state index contributed by atoms with van der Waals surface area (Å²) in [4.78, 5) is 0. The van der Waals surface area contributed by atoms with E-state index in [1.807, 2.05) is 18.2 Å². The molecule has 0 aliphatic carbocycles. The van der Waals surface area contributed by atoms with Crippen molar-refractivity contribution < 1.29 is 13.5 Å². The molecule has 1 saturated heterocycles. The van der Waals surface area contributed by atoms with E-state index in [2.05, 4.69) is 12.2 Å². The van der Waals surface area contributed by atoms with Crippen molar-refractivity contribution in [3.63, 3.8) is 0 Å². The van der Waals surface area contributed by atoms with Gasteiger partial charge in [-0.3, -0.25) is 0 Å². The molecule has 21 heavy (non-hydrogen) atoms. The molecule has 2 heterocycles. The molecule has 1 N–H and O–H groups in total. The van der Waals surface area contributed by atoms with Crippen LogP contribution in [0.1, 0.15) is 24.7 Å². The summed E-state index contributed by atoms with van der Waals surface area (Å²) in [6.07, 6.45) is 1.27. The molecule has 0 spiro atoms. The van der Waals surface area contributed by atoms with Crippen molar-refractivity contribution in [2.75, 3.05) is 6.61 Å². The summed E-state index contributed by atoms with van der Waals surface area (Å²) in [6.45, 7) is 5.31. The molecule has 0 radical (unpaired) electrons. The van der Waals surface area contributed by atoms with Crippen molar-refractivity contribution in [3.05, 3.63) is 47.5 Å². The fourth-order valence-corrected chi connectivity index (χ4v) is 2.72. The lowest BCUT2D eigenvalue weighted by atomic mass is 10.1. The summed E-state index contributed by atoms with van der Waals surface area (Å²) in [7, 11) is 0. The normalized spacial score (nSPS) is 21.9. The summed E-state index contributed by atoms with van der Waals surface area (Å²) >= 11 is 0. The van der Waals surface area contributed by atoms with Crippen LogP contribution < -0.4 is 5.32 Å². The average molecular weight is 289 g/mol. The van der Waals surface area contributed by atoms with Gasteiger partial charge in [-0.2, -0.15) is 0 Å². The molecular weight excluding hydrogens is 269 g/mol. The van der Waals surface area contributed by atoms with Gasteiger partial charge < -0.3 is 14.5 Å². The van der Waals surface area contributed by atoms with Gasteiger partial charge in [-0.15, -0.1) is 0 Å². The lowest BCUT2D eigenvalue weighted by molar-refractivity contribution is 0.112. The first-order chi connectivity index (χ1) is 10.1. The van der Waals surface area contributed by atoms with E-state index in [0.29, 0.717) is 23.9 Å². The number of hydrogen-bond donors (Lipinski definition) is 1. The SMILES string of the molecule is Cc1c(F)cccc1-c1ccc(CNC2CCOC2C)o1. The molecule has 2 aromatic rings. The van der Waals surface area contributed by atoms with Gasteiger partial charge in [0.15, 0.2) is 0 Å². The van der Waals surface area contributed by atoms with Crippen LogP contribution in [0.3, 0.4) is 0 Å². The van der Waals surface area contributed by atoms with Gasteiger partial charge in [0.1, 0.15) is 17.3 Å². The Morgan fingerprint density at radius 1 is 1.29 bits per heavy atom. The van der Waals surface area contributed by atoms with E-state index in [0.717, 1.165) is 24.4 Å². The predicted molar refractivity (Wildman–Crippen MR) is 79.5 cm³/mol. The highest BCUT2D eigenvalue weighted by Crippen LogP contribution is 2.27. The van der Waals surface area contributed by atoms with Crippen LogP contribution in [0.15, 0.2) is 34.7 Å². The molecule has 112 valence electrons. The topological polar surface area (TPSA) is 34.4 Å². The second kappa shape index (κ2) is 6.00. The first-order valence-corrected chi connectivity index (χ1v) is 7.34. The molecule has 0 saturated carbocycles. The summed E-state index contributed by atoms with van der Waals surface area (Å²) in [5.74, 6) is 1.35. The van der Waals surface area contributed by atoms with Gasteiger partial charge in [-0.1, -0.05) is 12.1 Å². The number of hydrogen-bond acceptors (Lipinski definition) is 3.